The van der Waals surface area contributed by atoms with Crippen LogP contribution in [0.4, 0.5) is 23.7 Å². The molecule has 0 bridgehead atoms. The number of carbonyl (C=O) groups is 1. The summed E-state index contributed by atoms with van der Waals surface area (Å²) < 4.78 is 38.2. The number of nitrogens with one attached hydrogen (secondary N) is 3. The van der Waals surface area contributed by atoms with Gasteiger partial charge in [-0.05, 0) is 12.1 Å². The van der Waals surface area contributed by atoms with Gasteiger partial charge >= 0.3 is 12.2 Å². The van der Waals surface area contributed by atoms with E-state index < -0.39 is 17.8 Å². The zero-order chi connectivity index (χ0) is 15.3. The fourth-order valence-electron chi connectivity index (χ4n) is 1.65. The molecule has 0 spiro atoms. The Balaban J connectivity index is 1.91. The molecule has 0 saturated carbocycles. The van der Waals surface area contributed by atoms with Crippen molar-refractivity contribution in [2.75, 3.05) is 11.9 Å². The molecule has 0 fully saturated rings. The molecule has 3 N–H and O–H groups in total. The highest BCUT2D eigenvalue weighted by molar-refractivity contribution is 5.90. The van der Waals surface area contributed by atoms with Crippen molar-refractivity contribution < 1.29 is 18.0 Å². The second-order valence-electron chi connectivity index (χ2n) is 4.11. The molecule has 1 aromatic carbocycles. The van der Waals surface area contributed by atoms with E-state index in [0.29, 0.717) is 12.2 Å². The number of para-hydroxylation sites is 1. The van der Waals surface area contributed by atoms with E-state index in [2.05, 4.69) is 25.8 Å². The highest BCUT2D eigenvalue weighted by Crippen LogP contribution is 2.34. The van der Waals surface area contributed by atoms with Crippen LogP contribution in [0.5, 0.6) is 0 Å². The van der Waals surface area contributed by atoms with Crippen molar-refractivity contribution in [2.24, 2.45) is 0 Å². The van der Waals surface area contributed by atoms with Crippen LogP contribution in [-0.2, 0) is 12.6 Å². The number of halogens is 3. The molecular formula is C12H12F3N5O. The Kier molecular flexibility index (Phi) is 4.41. The minimum atomic E-state index is -4.52. The first kappa shape index (κ1) is 14.8. The number of aromatic amines is 1. The number of carbonyl (C=O) groups excluding carboxylic acids is 1. The molecule has 0 unspecified atom stereocenters. The van der Waals surface area contributed by atoms with Crippen molar-refractivity contribution >= 4 is 11.7 Å². The van der Waals surface area contributed by atoms with Gasteiger partial charge in [0.05, 0.1) is 11.3 Å². The van der Waals surface area contributed by atoms with E-state index >= 15 is 0 Å². The molecule has 1 aromatic heterocycles. The summed E-state index contributed by atoms with van der Waals surface area (Å²) in [5.74, 6) is 0.575. The molecule has 2 rings (SSSR count). The summed E-state index contributed by atoms with van der Waals surface area (Å²) in [6.07, 6.45) is -2.80. The van der Waals surface area contributed by atoms with E-state index in [0.717, 1.165) is 6.07 Å². The summed E-state index contributed by atoms with van der Waals surface area (Å²) >= 11 is 0. The molecule has 112 valence electrons. The Morgan fingerprint density at radius 3 is 2.71 bits per heavy atom. The Morgan fingerprint density at radius 1 is 1.29 bits per heavy atom. The summed E-state index contributed by atoms with van der Waals surface area (Å²) in [6, 6.07) is 4.06. The monoisotopic (exact) mass is 299 g/mol. The number of amides is 2. The van der Waals surface area contributed by atoms with Crippen LogP contribution in [0.25, 0.3) is 0 Å². The van der Waals surface area contributed by atoms with Crippen LogP contribution >= 0.6 is 0 Å². The van der Waals surface area contributed by atoms with E-state index in [1.165, 1.54) is 24.5 Å². The van der Waals surface area contributed by atoms with Crippen molar-refractivity contribution in [3.05, 3.63) is 42.0 Å². The van der Waals surface area contributed by atoms with Gasteiger partial charge in [0, 0.05) is 13.0 Å². The minimum absolute atomic E-state index is 0.217. The highest BCUT2D eigenvalue weighted by atomic mass is 19.4. The highest BCUT2D eigenvalue weighted by Gasteiger charge is 2.33. The Bertz CT molecular complexity index is 597. The normalized spacial score (nSPS) is 11.2. The second kappa shape index (κ2) is 6.25. The molecular weight excluding hydrogens is 287 g/mol. The second-order valence-corrected chi connectivity index (χ2v) is 4.11. The average Bonchev–Trinajstić information content (AvgIpc) is 2.91. The maximum absolute atomic E-state index is 12.7. The maximum atomic E-state index is 12.7. The van der Waals surface area contributed by atoms with Crippen molar-refractivity contribution in [3.8, 4) is 0 Å². The zero-order valence-electron chi connectivity index (χ0n) is 10.7. The Hall–Kier alpha value is -2.58. The lowest BCUT2D eigenvalue weighted by atomic mass is 10.1. The molecule has 0 aliphatic carbocycles. The van der Waals surface area contributed by atoms with Crippen LogP contribution < -0.4 is 10.6 Å². The number of anilines is 1. The van der Waals surface area contributed by atoms with Crippen LogP contribution in [0.3, 0.4) is 0 Å². The number of nitrogens with zero attached hydrogens (tertiary/aromatic N) is 2. The summed E-state index contributed by atoms with van der Waals surface area (Å²) in [7, 11) is 0. The molecule has 0 saturated heterocycles. The number of hydrogen-bond donors (Lipinski definition) is 3. The minimum Gasteiger partial charge on any atom is -0.337 e. The predicted molar refractivity (Wildman–Crippen MR) is 68.6 cm³/mol. The van der Waals surface area contributed by atoms with Crippen LogP contribution in [0.1, 0.15) is 11.4 Å². The number of alkyl halides is 3. The Morgan fingerprint density at radius 2 is 2.05 bits per heavy atom. The third kappa shape index (κ3) is 4.20. The van der Waals surface area contributed by atoms with Crippen molar-refractivity contribution in [1.29, 1.82) is 0 Å². The molecule has 0 aliphatic rings. The van der Waals surface area contributed by atoms with Gasteiger partial charge in [0.1, 0.15) is 12.2 Å². The molecule has 6 nitrogen and oxygen atoms in total. The lowest BCUT2D eigenvalue weighted by molar-refractivity contribution is -0.136. The first-order valence-corrected chi connectivity index (χ1v) is 6.02. The predicted octanol–water partition coefficient (Wildman–Crippen LogP) is 2.19. The third-order valence-electron chi connectivity index (χ3n) is 2.59. The molecule has 0 atom stereocenters. The van der Waals surface area contributed by atoms with E-state index in [-0.39, 0.29) is 12.2 Å². The van der Waals surface area contributed by atoms with Gasteiger partial charge in [-0.2, -0.15) is 18.3 Å². The van der Waals surface area contributed by atoms with Gasteiger partial charge in [0.2, 0.25) is 0 Å². The lowest BCUT2D eigenvalue weighted by Gasteiger charge is -2.13. The zero-order valence-corrected chi connectivity index (χ0v) is 10.7. The number of rotatable bonds is 4. The first-order valence-electron chi connectivity index (χ1n) is 6.02. The number of aromatic nitrogens is 3. The SMILES string of the molecule is O=C(NCCc1ncn[nH]1)Nc1ccccc1C(F)(F)F. The van der Waals surface area contributed by atoms with Crippen LogP contribution in [0.2, 0.25) is 0 Å². The van der Waals surface area contributed by atoms with Crippen molar-refractivity contribution in [3.63, 3.8) is 0 Å². The molecule has 1 heterocycles. The molecule has 0 radical (unpaired) electrons. The summed E-state index contributed by atoms with van der Waals surface area (Å²) in [6.45, 7) is 0.217. The molecule has 2 amide bonds. The largest absolute Gasteiger partial charge is 0.418 e. The first-order chi connectivity index (χ1) is 9.97. The maximum Gasteiger partial charge on any atom is 0.418 e. The van der Waals surface area contributed by atoms with Gasteiger partial charge in [-0.3, -0.25) is 5.10 Å². The number of benzene rings is 1. The van der Waals surface area contributed by atoms with E-state index in [4.69, 9.17) is 0 Å². The Labute approximate surface area is 117 Å². The van der Waals surface area contributed by atoms with Gasteiger partial charge < -0.3 is 10.6 Å². The van der Waals surface area contributed by atoms with E-state index in [9.17, 15) is 18.0 Å². The molecule has 0 aliphatic heterocycles. The number of H-pyrrole nitrogens is 1. The van der Waals surface area contributed by atoms with Gasteiger partial charge in [0.25, 0.3) is 0 Å². The van der Waals surface area contributed by atoms with Crippen LogP contribution in [0, 0.1) is 0 Å². The smallest absolute Gasteiger partial charge is 0.337 e. The summed E-state index contributed by atoms with van der Waals surface area (Å²) in [4.78, 5) is 15.4. The molecule has 21 heavy (non-hydrogen) atoms. The summed E-state index contributed by atoms with van der Waals surface area (Å²) in [5, 5.41) is 10.9. The van der Waals surface area contributed by atoms with Gasteiger partial charge in [-0.1, -0.05) is 12.1 Å². The summed E-state index contributed by atoms with van der Waals surface area (Å²) in [5.41, 5.74) is -1.18. The van der Waals surface area contributed by atoms with Gasteiger partial charge in [-0.15, -0.1) is 0 Å². The lowest BCUT2D eigenvalue weighted by Crippen LogP contribution is -2.31. The van der Waals surface area contributed by atoms with Gasteiger partial charge in [0.15, 0.2) is 0 Å². The topological polar surface area (TPSA) is 82.7 Å². The van der Waals surface area contributed by atoms with Gasteiger partial charge in [-0.25, -0.2) is 9.78 Å². The molecule has 2 aromatic rings. The van der Waals surface area contributed by atoms with E-state index in [1.54, 1.807) is 0 Å². The average molecular weight is 299 g/mol. The van der Waals surface area contributed by atoms with Crippen molar-refractivity contribution in [2.45, 2.75) is 12.6 Å². The fourth-order valence-corrected chi connectivity index (χ4v) is 1.65. The van der Waals surface area contributed by atoms with E-state index in [1.807, 2.05) is 0 Å². The van der Waals surface area contributed by atoms with Crippen LogP contribution in [-0.4, -0.2) is 27.8 Å². The third-order valence-corrected chi connectivity index (χ3v) is 2.59. The van der Waals surface area contributed by atoms with Crippen LogP contribution in [0.15, 0.2) is 30.6 Å². The standard InChI is InChI=1S/C12H12F3N5O/c13-12(14,15)8-3-1-2-4-9(8)19-11(21)16-6-5-10-17-7-18-20-10/h1-4,7H,5-6H2,(H2,16,19,21)(H,17,18,20). The molecule has 9 heteroatoms. The number of urea groups is 1. The fraction of sp³-hybridized carbons (Fsp3) is 0.250. The quantitative estimate of drug-likeness (QED) is 0.809. The van der Waals surface area contributed by atoms with Crippen molar-refractivity contribution in [1.82, 2.24) is 20.5 Å². The number of hydrogen-bond acceptors (Lipinski definition) is 3.